The summed E-state index contributed by atoms with van der Waals surface area (Å²) in [6, 6.07) is 21.5. The highest BCUT2D eigenvalue weighted by atomic mass is 32.2. The third-order valence-electron chi connectivity index (χ3n) is 9.10. The summed E-state index contributed by atoms with van der Waals surface area (Å²) < 4.78 is 33.8. The van der Waals surface area contributed by atoms with Gasteiger partial charge in [0.25, 0.3) is 0 Å². The van der Waals surface area contributed by atoms with Crippen molar-refractivity contribution in [2.45, 2.75) is 69.0 Å². The molecule has 3 aromatic carbocycles. The number of amides is 3. The number of carbonyl (C=O) groups is 3. The average Bonchev–Trinajstić information content (AvgIpc) is 3.25. The summed E-state index contributed by atoms with van der Waals surface area (Å²) in [5, 5.41) is 9.02. The predicted molar refractivity (Wildman–Crippen MR) is 190 cm³/mol. The average molecular weight is 692 g/mol. The molecule has 1 saturated heterocycles. The molecule has 4 rings (SSSR count). The fourth-order valence-electron chi connectivity index (χ4n) is 6.08. The van der Waals surface area contributed by atoms with E-state index in [0.29, 0.717) is 45.2 Å². The van der Waals surface area contributed by atoms with Crippen LogP contribution in [0.2, 0.25) is 0 Å². The summed E-state index contributed by atoms with van der Waals surface area (Å²) in [5.41, 5.74) is 2.96. The van der Waals surface area contributed by atoms with Crippen molar-refractivity contribution in [1.82, 2.24) is 25.6 Å². The molecule has 11 nitrogen and oxygen atoms in total. The van der Waals surface area contributed by atoms with Gasteiger partial charge in [-0.2, -0.15) is 0 Å². The number of likely N-dealkylation sites (tertiary alicyclic amines) is 1. The highest BCUT2D eigenvalue weighted by Gasteiger charge is 2.39. The Morgan fingerprint density at radius 3 is 2.29 bits per heavy atom. The van der Waals surface area contributed by atoms with Gasteiger partial charge in [-0.05, 0) is 94.3 Å². The van der Waals surface area contributed by atoms with Crippen molar-refractivity contribution < 1.29 is 27.5 Å². The molecule has 1 aliphatic rings. The molecule has 49 heavy (non-hydrogen) atoms. The minimum absolute atomic E-state index is 0.0847. The number of benzene rings is 3. The zero-order chi connectivity index (χ0) is 35.4. The van der Waals surface area contributed by atoms with Gasteiger partial charge in [0.1, 0.15) is 17.8 Å². The molecule has 12 heteroatoms. The predicted octanol–water partition coefficient (Wildman–Crippen LogP) is 2.97. The third-order valence-corrected chi connectivity index (χ3v) is 10.6. The number of likely N-dealkylation sites (N-methyl/N-ethyl adjacent to an activating group) is 1. The molecule has 0 unspecified atom stereocenters. The number of hydrogen-bond acceptors (Lipinski definition) is 7. The lowest BCUT2D eigenvalue weighted by Crippen LogP contribution is -2.58. The van der Waals surface area contributed by atoms with Crippen LogP contribution in [0.1, 0.15) is 42.9 Å². The van der Waals surface area contributed by atoms with Gasteiger partial charge in [-0.25, -0.2) is 13.1 Å². The van der Waals surface area contributed by atoms with Gasteiger partial charge < -0.3 is 25.6 Å². The van der Waals surface area contributed by atoms with E-state index in [1.165, 1.54) is 4.90 Å². The van der Waals surface area contributed by atoms with Crippen LogP contribution in [0, 0.1) is 12.8 Å². The molecule has 1 fully saturated rings. The van der Waals surface area contributed by atoms with Crippen molar-refractivity contribution in [3.8, 4) is 5.75 Å². The van der Waals surface area contributed by atoms with Crippen molar-refractivity contribution in [3.63, 3.8) is 0 Å². The van der Waals surface area contributed by atoms with Crippen LogP contribution in [0.25, 0.3) is 0 Å². The maximum atomic E-state index is 14.2. The lowest BCUT2D eigenvalue weighted by molar-refractivity contribution is -0.143. The Morgan fingerprint density at radius 1 is 0.939 bits per heavy atom. The van der Waals surface area contributed by atoms with Crippen molar-refractivity contribution in [2.24, 2.45) is 5.92 Å². The summed E-state index contributed by atoms with van der Waals surface area (Å²) >= 11 is 0. The fourth-order valence-corrected chi connectivity index (χ4v) is 7.12. The summed E-state index contributed by atoms with van der Waals surface area (Å²) in [6.45, 7) is 4.40. The van der Waals surface area contributed by atoms with Gasteiger partial charge in [0.2, 0.25) is 27.7 Å². The number of nitrogens with one attached hydrogen (secondary N) is 4. The molecule has 3 amide bonds. The molecule has 1 heterocycles. The van der Waals surface area contributed by atoms with E-state index in [2.05, 4.69) is 20.7 Å². The zero-order valence-electron chi connectivity index (χ0n) is 28.8. The Labute approximate surface area is 290 Å². The van der Waals surface area contributed by atoms with E-state index in [9.17, 15) is 22.8 Å². The maximum Gasteiger partial charge on any atom is 0.246 e. The molecular formula is C37H49N5O6S. The number of rotatable bonds is 16. The molecule has 1 aliphatic heterocycles. The molecule has 264 valence electrons. The SMILES string of the molecule is CN[C@H](Cc1ccccc1)C(=O)N[C@@H]1C(=O)N([C@@H](C)C(=O)NCCc2ccc(OC)cc2)CCC[C@@H]1CCNS(=O)(=O)c1ccc(C)cc1. The van der Waals surface area contributed by atoms with Gasteiger partial charge in [0.05, 0.1) is 18.0 Å². The van der Waals surface area contributed by atoms with E-state index in [1.54, 1.807) is 45.3 Å². The third kappa shape index (κ3) is 10.6. The summed E-state index contributed by atoms with van der Waals surface area (Å²) in [4.78, 5) is 42.9. The number of methoxy groups -OCH3 is 1. The van der Waals surface area contributed by atoms with Gasteiger partial charge in [-0.1, -0.05) is 60.2 Å². The van der Waals surface area contributed by atoms with Gasteiger partial charge in [0, 0.05) is 19.6 Å². The lowest BCUT2D eigenvalue weighted by Gasteiger charge is -2.32. The van der Waals surface area contributed by atoms with E-state index >= 15 is 0 Å². The molecule has 0 spiro atoms. The number of aryl methyl sites for hydroxylation is 1. The highest BCUT2D eigenvalue weighted by molar-refractivity contribution is 7.89. The molecule has 4 atom stereocenters. The summed E-state index contributed by atoms with van der Waals surface area (Å²) in [6.07, 6.45) is 2.51. The Kier molecular flexibility index (Phi) is 13.7. The lowest BCUT2D eigenvalue weighted by atomic mass is 9.91. The van der Waals surface area contributed by atoms with Crippen LogP contribution in [-0.2, 0) is 37.2 Å². The summed E-state index contributed by atoms with van der Waals surface area (Å²) in [5.74, 6) is -0.584. The van der Waals surface area contributed by atoms with Crippen molar-refractivity contribution in [3.05, 3.63) is 95.6 Å². The van der Waals surface area contributed by atoms with Crippen LogP contribution in [0.15, 0.2) is 83.8 Å². The van der Waals surface area contributed by atoms with Gasteiger partial charge in [-0.15, -0.1) is 0 Å². The number of nitrogens with zero attached hydrogens (tertiary/aromatic N) is 1. The first-order valence-electron chi connectivity index (χ1n) is 16.8. The van der Waals surface area contributed by atoms with Gasteiger partial charge >= 0.3 is 0 Å². The molecular weight excluding hydrogens is 643 g/mol. The van der Waals surface area contributed by atoms with Gasteiger partial charge in [0.15, 0.2) is 0 Å². The quantitative estimate of drug-likeness (QED) is 0.181. The monoisotopic (exact) mass is 691 g/mol. The topological polar surface area (TPSA) is 146 Å². The van der Waals surface area contributed by atoms with Crippen LogP contribution in [0.5, 0.6) is 5.75 Å². The second-order valence-corrected chi connectivity index (χ2v) is 14.3. The first-order chi connectivity index (χ1) is 23.5. The van der Waals surface area contributed by atoms with Crippen LogP contribution < -0.4 is 25.4 Å². The molecule has 0 saturated carbocycles. The normalized spacial score (nSPS) is 17.9. The number of hydrogen-bond donors (Lipinski definition) is 4. The fraction of sp³-hybridized carbons (Fsp3) is 0.432. The van der Waals surface area contributed by atoms with E-state index in [0.717, 1.165) is 22.4 Å². The first kappa shape index (κ1) is 37.6. The zero-order valence-corrected chi connectivity index (χ0v) is 29.6. The smallest absolute Gasteiger partial charge is 0.246 e. The van der Waals surface area contributed by atoms with Crippen molar-refractivity contribution in [1.29, 1.82) is 0 Å². The first-order valence-corrected chi connectivity index (χ1v) is 18.3. The second-order valence-electron chi connectivity index (χ2n) is 12.5. The number of ether oxygens (including phenoxy) is 1. The molecule has 3 aromatic rings. The Hall–Kier alpha value is -4.26. The number of sulfonamides is 1. The van der Waals surface area contributed by atoms with Crippen LogP contribution in [0.4, 0.5) is 0 Å². The Morgan fingerprint density at radius 2 is 1.63 bits per heavy atom. The van der Waals surface area contributed by atoms with E-state index in [4.69, 9.17) is 4.74 Å². The van der Waals surface area contributed by atoms with E-state index in [-0.39, 0.29) is 35.1 Å². The van der Waals surface area contributed by atoms with E-state index in [1.807, 2.05) is 61.5 Å². The Bertz CT molecular complexity index is 1630. The number of carbonyl (C=O) groups excluding carboxylic acids is 3. The van der Waals surface area contributed by atoms with Crippen LogP contribution in [0.3, 0.4) is 0 Å². The molecule has 0 aliphatic carbocycles. The highest BCUT2D eigenvalue weighted by Crippen LogP contribution is 2.25. The molecule has 0 aromatic heterocycles. The van der Waals surface area contributed by atoms with Crippen molar-refractivity contribution in [2.75, 3.05) is 33.8 Å². The maximum absolute atomic E-state index is 14.2. The van der Waals surface area contributed by atoms with Crippen LogP contribution in [-0.4, -0.2) is 83.0 Å². The van der Waals surface area contributed by atoms with Crippen LogP contribution >= 0.6 is 0 Å². The largest absolute Gasteiger partial charge is 0.497 e. The van der Waals surface area contributed by atoms with Crippen molar-refractivity contribution >= 4 is 27.7 Å². The van der Waals surface area contributed by atoms with Gasteiger partial charge in [-0.3, -0.25) is 14.4 Å². The molecule has 0 radical (unpaired) electrons. The molecule has 4 N–H and O–H groups in total. The minimum Gasteiger partial charge on any atom is -0.497 e. The molecule has 0 bridgehead atoms. The summed E-state index contributed by atoms with van der Waals surface area (Å²) in [7, 11) is -0.457. The Balaban J connectivity index is 1.46. The van der Waals surface area contributed by atoms with E-state index < -0.39 is 28.1 Å². The second kappa shape index (κ2) is 17.9. The minimum atomic E-state index is -3.76. The standard InChI is InChI=1S/C37H49N5O6S/c1-26-12-18-32(19-13-26)49(46,47)40-23-21-30-11-8-24-42(27(2)35(43)39-22-20-28-14-16-31(48-4)17-15-28)37(45)34(30)41-36(44)33(38-3)25-29-9-6-5-7-10-29/h5-7,9-10,12-19,27,30,33-34,38,40H,8,11,20-25H2,1-4H3,(H,39,43)(H,41,44)/t27-,30+,33+,34-/m0/s1.